The number of hydrogen-bond donors (Lipinski definition) is 2. The zero-order valence-corrected chi connectivity index (χ0v) is 13.5. The third kappa shape index (κ3) is 6.66. The molecule has 0 bridgehead atoms. The highest BCUT2D eigenvalue weighted by molar-refractivity contribution is 7.99. The third-order valence-corrected chi connectivity index (χ3v) is 5.23. The van der Waals surface area contributed by atoms with E-state index in [1.54, 1.807) is 0 Å². The van der Waals surface area contributed by atoms with Crippen molar-refractivity contribution in [2.45, 2.75) is 70.6 Å². The Balaban J connectivity index is 2.21. The summed E-state index contributed by atoms with van der Waals surface area (Å²) in [6, 6.07) is 0.411. The maximum absolute atomic E-state index is 12.0. The van der Waals surface area contributed by atoms with Crippen LogP contribution in [0.3, 0.4) is 0 Å². The van der Waals surface area contributed by atoms with Gasteiger partial charge in [0.2, 0.25) is 5.91 Å². The molecule has 3 N–H and O–H groups in total. The van der Waals surface area contributed by atoms with Gasteiger partial charge in [-0.15, -0.1) is 0 Å². The Morgan fingerprint density at radius 3 is 2.74 bits per heavy atom. The van der Waals surface area contributed by atoms with Crippen LogP contribution in [0.2, 0.25) is 0 Å². The van der Waals surface area contributed by atoms with Gasteiger partial charge in [0.05, 0.1) is 0 Å². The number of nitrogens with one attached hydrogen (secondary N) is 1. The molecule has 1 fully saturated rings. The summed E-state index contributed by atoms with van der Waals surface area (Å²) in [7, 11) is 0. The fourth-order valence-electron chi connectivity index (χ4n) is 2.73. The molecule has 1 saturated carbocycles. The maximum Gasteiger partial charge on any atom is 0.220 e. The first-order valence-corrected chi connectivity index (χ1v) is 8.62. The summed E-state index contributed by atoms with van der Waals surface area (Å²) >= 11 is 2.03. The second-order valence-corrected chi connectivity index (χ2v) is 7.94. The second-order valence-electron chi connectivity index (χ2n) is 6.36. The van der Waals surface area contributed by atoms with E-state index in [9.17, 15) is 4.79 Å². The van der Waals surface area contributed by atoms with Crippen LogP contribution in [-0.2, 0) is 4.79 Å². The average molecular weight is 286 g/mol. The molecule has 0 heterocycles. The zero-order chi connectivity index (χ0) is 14.3. The lowest BCUT2D eigenvalue weighted by Crippen LogP contribution is -2.33. The highest BCUT2D eigenvalue weighted by Crippen LogP contribution is 2.30. The molecule has 0 saturated heterocycles. The standard InChI is InChI=1S/C15H30N2OS/c1-4-19-13-6-5-12(11-13)17-14(18)7-8-15(2,3)9-10-16/h12-13H,4-11,16H2,1-3H3,(H,17,18). The van der Waals surface area contributed by atoms with Crippen LogP contribution in [0.15, 0.2) is 0 Å². The molecular formula is C15H30N2OS. The van der Waals surface area contributed by atoms with E-state index in [1.807, 2.05) is 11.8 Å². The summed E-state index contributed by atoms with van der Waals surface area (Å²) in [5.74, 6) is 1.40. The number of nitrogens with two attached hydrogens (primary N) is 1. The molecule has 2 unspecified atom stereocenters. The van der Waals surface area contributed by atoms with E-state index in [1.165, 1.54) is 12.2 Å². The zero-order valence-electron chi connectivity index (χ0n) is 12.7. The molecule has 0 aromatic rings. The number of rotatable bonds is 8. The molecule has 1 aliphatic rings. The summed E-state index contributed by atoms with van der Waals surface area (Å²) in [6.45, 7) is 7.29. The van der Waals surface area contributed by atoms with E-state index in [0.29, 0.717) is 19.0 Å². The molecule has 1 rings (SSSR count). The van der Waals surface area contributed by atoms with Crippen molar-refractivity contribution in [3.05, 3.63) is 0 Å². The van der Waals surface area contributed by atoms with Crippen LogP contribution in [0, 0.1) is 5.41 Å². The smallest absolute Gasteiger partial charge is 0.220 e. The van der Waals surface area contributed by atoms with Crippen molar-refractivity contribution in [2.75, 3.05) is 12.3 Å². The summed E-state index contributed by atoms with van der Waals surface area (Å²) in [5, 5.41) is 3.95. The Hall–Kier alpha value is -0.220. The van der Waals surface area contributed by atoms with Crippen molar-refractivity contribution >= 4 is 17.7 Å². The monoisotopic (exact) mass is 286 g/mol. The topological polar surface area (TPSA) is 55.1 Å². The van der Waals surface area contributed by atoms with Gasteiger partial charge >= 0.3 is 0 Å². The van der Waals surface area contributed by atoms with Gasteiger partial charge in [-0.2, -0.15) is 11.8 Å². The first kappa shape index (κ1) is 16.8. The van der Waals surface area contributed by atoms with Crippen molar-refractivity contribution in [2.24, 2.45) is 11.1 Å². The van der Waals surface area contributed by atoms with Crippen LogP contribution >= 0.6 is 11.8 Å². The summed E-state index contributed by atoms with van der Waals surface area (Å²) in [6.07, 6.45) is 6.10. The predicted octanol–water partition coefficient (Wildman–Crippen LogP) is 2.93. The van der Waals surface area contributed by atoms with E-state index in [2.05, 4.69) is 26.1 Å². The lowest BCUT2D eigenvalue weighted by atomic mass is 9.84. The fourth-order valence-corrected chi connectivity index (χ4v) is 3.87. The minimum atomic E-state index is 0.183. The van der Waals surface area contributed by atoms with Crippen LogP contribution in [0.5, 0.6) is 0 Å². The molecule has 19 heavy (non-hydrogen) atoms. The Labute approximate surface area is 122 Å². The molecule has 0 radical (unpaired) electrons. The summed E-state index contributed by atoms with van der Waals surface area (Å²) < 4.78 is 0. The van der Waals surface area contributed by atoms with Crippen LogP contribution in [0.4, 0.5) is 0 Å². The Morgan fingerprint density at radius 1 is 1.37 bits per heavy atom. The Bertz CT molecular complexity index is 281. The SMILES string of the molecule is CCSC1CCC(NC(=O)CCC(C)(C)CCN)C1. The van der Waals surface area contributed by atoms with Crippen LogP contribution in [0.1, 0.15) is 59.3 Å². The molecule has 0 aromatic heterocycles. The Morgan fingerprint density at radius 2 is 2.11 bits per heavy atom. The quantitative estimate of drug-likeness (QED) is 0.721. The van der Waals surface area contributed by atoms with E-state index < -0.39 is 0 Å². The van der Waals surface area contributed by atoms with Gasteiger partial charge in [0, 0.05) is 17.7 Å². The highest BCUT2D eigenvalue weighted by atomic mass is 32.2. The highest BCUT2D eigenvalue weighted by Gasteiger charge is 2.26. The molecule has 0 aromatic carbocycles. The normalized spacial score (nSPS) is 23.6. The summed E-state index contributed by atoms with van der Waals surface area (Å²) in [4.78, 5) is 12.0. The number of thioether (sulfide) groups is 1. The predicted molar refractivity (Wildman–Crippen MR) is 84.4 cm³/mol. The molecule has 0 spiro atoms. The number of amides is 1. The largest absolute Gasteiger partial charge is 0.353 e. The lowest BCUT2D eigenvalue weighted by molar-refractivity contribution is -0.122. The second kappa shape index (κ2) is 8.15. The van der Waals surface area contributed by atoms with Gasteiger partial charge in [-0.1, -0.05) is 20.8 Å². The molecule has 2 atom stereocenters. The van der Waals surface area contributed by atoms with Gasteiger partial charge in [-0.05, 0) is 49.8 Å². The number of hydrogen-bond acceptors (Lipinski definition) is 3. The van der Waals surface area contributed by atoms with Gasteiger partial charge in [0.1, 0.15) is 0 Å². The Kier molecular flexibility index (Phi) is 7.22. The molecule has 112 valence electrons. The van der Waals surface area contributed by atoms with Gasteiger partial charge in [0.15, 0.2) is 0 Å². The van der Waals surface area contributed by atoms with Crippen LogP contribution in [-0.4, -0.2) is 29.5 Å². The van der Waals surface area contributed by atoms with E-state index in [0.717, 1.165) is 30.9 Å². The van der Waals surface area contributed by atoms with Crippen molar-refractivity contribution in [1.29, 1.82) is 0 Å². The number of carbonyl (C=O) groups is 1. The minimum Gasteiger partial charge on any atom is -0.353 e. The van der Waals surface area contributed by atoms with Crippen molar-refractivity contribution in [3.63, 3.8) is 0 Å². The van der Waals surface area contributed by atoms with E-state index in [4.69, 9.17) is 5.73 Å². The van der Waals surface area contributed by atoms with Crippen molar-refractivity contribution < 1.29 is 4.79 Å². The summed E-state index contributed by atoms with van der Waals surface area (Å²) in [5.41, 5.74) is 5.78. The molecule has 1 amide bonds. The molecule has 1 aliphatic carbocycles. The van der Waals surface area contributed by atoms with Gasteiger partial charge in [-0.3, -0.25) is 4.79 Å². The maximum atomic E-state index is 12.0. The van der Waals surface area contributed by atoms with Gasteiger partial charge in [-0.25, -0.2) is 0 Å². The number of carbonyl (C=O) groups excluding carboxylic acids is 1. The van der Waals surface area contributed by atoms with Crippen molar-refractivity contribution in [1.82, 2.24) is 5.32 Å². The average Bonchev–Trinajstić information content (AvgIpc) is 2.75. The minimum absolute atomic E-state index is 0.183. The first-order valence-electron chi connectivity index (χ1n) is 7.58. The lowest BCUT2D eigenvalue weighted by Gasteiger charge is -2.23. The van der Waals surface area contributed by atoms with Crippen molar-refractivity contribution in [3.8, 4) is 0 Å². The van der Waals surface area contributed by atoms with E-state index >= 15 is 0 Å². The fraction of sp³-hybridized carbons (Fsp3) is 0.933. The van der Waals surface area contributed by atoms with Crippen LogP contribution in [0.25, 0.3) is 0 Å². The third-order valence-electron chi connectivity index (χ3n) is 4.00. The van der Waals surface area contributed by atoms with Crippen LogP contribution < -0.4 is 11.1 Å². The van der Waals surface area contributed by atoms with E-state index in [-0.39, 0.29) is 11.3 Å². The molecular weight excluding hydrogens is 256 g/mol. The van der Waals surface area contributed by atoms with Gasteiger partial charge in [0.25, 0.3) is 0 Å². The molecule has 4 heteroatoms. The molecule has 3 nitrogen and oxygen atoms in total. The first-order chi connectivity index (χ1) is 8.96. The van der Waals surface area contributed by atoms with Gasteiger partial charge < -0.3 is 11.1 Å². The molecule has 0 aliphatic heterocycles.